The van der Waals surface area contributed by atoms with Crippen molar-refractivity contribution in [1.29, 1.82) is 0 Å². The minimum absolute atomic E-state index is 0.223. The van der Waals surface area contributed by atoms with Gasteiger partial charge in [0.2, 0.25) is 5.88 Å². The fraction of sp³-hybridized carbons (Fsp3) is 0.190. The lowest BCUT2D eigenvalue weighted by Gasteiger charge is -2.07. The highest BCUT2D eigenvalue weighted by molar-refractivity contribution is 6.02. The molecule has 9 heteroatoms. The summed E-state index contributed by atoms with van der Waals surface area (Å²) in [5, 5.41) is 19.2. The molecule has 4 aromatic rings. The quantitative estimate of drug-likeness (QED) is 0.537. The van der Waals surface area contributed by atoms with E-state index in [1.165, 1.54) is 0 Å². The summed E-state index contributed by atoms with van der Waals surface area (Å²) >= 11 is 0. The van der Waals surface area contributed by atoms with E-state index < -0.39 is 0 Å². The standard InChI is InChI=1S/C21H20N6O3/c1-12-11-18(26-30-12)21(28)22-16-5-7-17(8-6-16)29-20-10-9-19(23-24-20)27-15(4)13(2)14(3)25-27/h5-11H,1-4H3,(H,22,28). The number of aromatic nitrogens is 5. The number of aryl methyl sites for hydroxylation is 2. The maximum Gasteiger partial charge on any atom is 0.277 e. The topological polar surface area (TPSA) is 108 Å². The molecule has 3 aromatic heterocycles. The van der Waals surface area contributed by atoms with E-state index in [0.717, 1.165) is 17.0 Å². The van der Waals surface area contributed by atoms with Crippen LogP contribution in [0.4, 0.5) is 5.69 Å². The van der Waals surface area contributed by atoms with Gasteiger partial charge in [-0.25, -0.2) is 4.68 Å². The minimum atomic E-state index is -0.346. The second-order valence-corrected chi connectivity index (χ2v) is 6.84. The maximum atomic E-state index is 12.1. The van der Waals surface area contributed by atoms with Gasteiger partial charge >= 0.3 is 0 Å². The first-order chi connectivity index (χ1) is 14.4. The monoisotopic (exact) mass is 404 g/mol. The molecular weight excluding hydrogens is 384 g/mol. The van der Waals surface area contributed by atoms with Crippen LogP contribution in [-0.2, 0) is 0 Å². The van der Waals surface area contributed by atoms with Crippen molar-refractivity contribution in [2.45, 2.75) is 27.7 Å². The Kier molecular flexibility index (Phi) is 5.01. The number of amides is 1. The highest BCUT2D eigenvalue weighted by Gasteiger charge is 2.12. The zero-order valence-electron chi connectivity index (χ0n) is 17.0. The van der Waals surface area contributed by atoms with Crippen LogP contribution in [0.5, 0.6) is 11.6 Å². The second kappa shape index (κ2) is 7.78. The summed E-state index contributed by atoms with van der Waals surface area (Å²) in [5.74, 6) is 1.77. The summed E-state index contributed by atoms with van der Waals surface area (Å²) in [5.41, 5.74) is 3.94. The summed E-state index contributed by atoms with van der Waals surface area (Å²) in [4.78, 5) is 12.1. The van der Waals surface area contributed by atoms with Gasteiger partial charge in [0.25, 0.3) is 5.91 Å². The van der Waals surface area contributed by atoms with Crippen molar-refractivity contribution in [3.05, 3.63) is 70.9 Å². The van der Waals surface area contributed by atoms with Gasteiger partial charge in [0, 0.05) is 23.5 Å². The number of hydrogen-bond acceptors (Lipinski definition) is 7. The zero-order valence-corrected chi connectivity index (χ0v) is 17.0. The summed E-state index contributed by atoms with van der Waals surface area (Å²) in [6.45, 7) is 7.70. The average molecular weight is 404 g/mol. The molecule has 0 aliphatic rings. The highest BCUT2D eigenvalue weighted by Crippen LogP contribution is 2.22. The van der Waals surface area contributed by atoms with E-state index >= 15 is 0 Å². The normalized spacial score (nSPS) is 10.8. The number of ether oxygens (including phenoxy) is 1. The Labute approximate surface area is 172 Å². The minimum Gasteiger partial charge on any atom is -0.438 e. The smallest absolute Gasteiger partial charge is 0.277 e. The van der Waals surface area contributed by atoms with E-state index in [0.29, 0.717) is 28.9 Å². The average Bonchev–Trinajstić information content (AvgIpc) is 3.29. The van der Waals surface area contributed by atoms with E-state index in [4.69, 9.17) is 9.26 Å². The number of benzene rings is 1. The van der Waals surface area contributed by atoms with Crippen LogP contribution in [0.2, 0.25) is 0 Å². The largest absolute Gasteiger partial charge is 0.438 e. The van der Waals surface area contributed by atoms with Crippen molar-refractivity contribution in [2.24, 2.45) is 0 Å². The number of rotatable bonds is 5. The van der Waals surface area contributed by atoms with Crippen LogP contribution in [0.25, 0.3) is 5.82 Å². The molecule has 30 heavy (non-hydrogen) atoms. The molecular formula is C21H20N6O3. The van der Waals surface area contributed by atoms with Gasteiger partial charge in [0.05, 0.1) is 5.69 Å². The van der Waals surface area contributed by atoms with Gasteiger partial charge in [-0.05, 0) is 63.6 Å². The summed E-state index contributed by atoms with van der Waals surface area (Å²) < 4.78 is 12.4. The fourth-order valence-corrected chi connectivity index (χ4v) is 2.82. The first kappa shape index (κ1) is 19.3. The second-order valence-electron chi connectivity index (χ2n) is 6.84. The molecule has 1 aromatic carbocycles. The third-order valence-corrected chi connectivity index (χ3v) is 4.69. The first-order valence-corrected chi connectivity index (χ1v) is 9.30. The molecule has 4 rings (SSSR count). The molecule has 152 valence electrons. The number of nitrogens with zero attached hydrogens (tertiary/aromatic N) is 5. The Hall–Kier alpha value is -4.01. The lowest BCUT2D eigenvalue weighted by molar-refractivity contribution is 0.101. The third-order valence-electron chi connectivity index (χ3n) is 4.69. The number of nitrogens with one attached hydrogen (secondary N) is 1. The van der Waals surface area contributed by atoms with E-state index in [-0.39, 0.29) is 11.6 Å². The molecule has 0 aliphatic heterocycles. The van der Waals surface area contributed by atoms with Gasteiger partial charge in [0.1, 0.15) is 11.5 Å². The zero-order chi connectivity index (χ0) is 21.3. The van der Waals surface area contributed by atoms with Crippen molar-refractivity contribution in [1.82, 2.24) is 25.1 Å². The summed E-state index contributed by atoms with van der Waals surface area (Å²) in [7, 11) is 0. The molecule has 0 saturated heterocycles. The lowest BCUT2D eigenvalue weighted by Crippen LogP contribution is -2.12. The molecule has 9 nitrogen and oxygen atoms in total. The van der Waals surface area contributed by atoms with Crippen LogP contribution in [0.3, 0.4) is 0 Å². The van der Waals surface area contributed by atoms with Gasteiger partial charge in [-0.3, -0.25) is 4.79 Å². The van der Waals surface area contributed by atoms with Crippen molar-refractivity contribution in [3.8, 4) is 17.4 Å². The van der Waals surface area contributed by atoms with Gasteiger partial charge in [-0.1, -0.05) is 5.16 Å². The molecule has 1 amide bonds. The van der Waals surface area contributed by atoms with Gasteiger partial charge in [0.15, 0.2) is 11.5 Å². The predicted octanol–water partition coefficient (Wildman–Crippen LogP) is 3.93. The Morgan fingerprint density at radius 2 is 1.80 bits per heavy atom. The lowest BCUT2D eigenvalue weighted by atomic mass is 10.2. The van der Waals surface area contributed by atoms with Crippen LogP contribution in [-0.4, -0.2) is 31.0 Å². The molecule has 0 bridgehead atoms. The third kappa shape index (κ3) is 3.90. The van der Waals surface area contributed by atoms with Gasteiger partial charge < -0.3 is 14.6 Å². The van der Waals surface area contributed by atoms with Crippen LogP contribution in [0.15, 0.2) is 47.0 Å². The SMILES string of the molecule is Cc1cc(C(=O)Nc2ccc(Oc3ccc(-n4nc(C)c(C)c4C)nn3)cc2)no1. The molecule has 0 fully saturated rings. The van der Waals surface area contributed by atoms with E-state index in [1.54, 1.807) is 54.1 Å². The highest BCUT2D eigenvalue weighted by atomic mass is 16.5. The van der Waals surface area contributed by atoms with Crippen molar-refractivity contribution >= 4 is 11.6 Å². The summed E-state index contributed by atoms with van der Waals surface area (Å²) in [6.07, 6.45) is 0. The molecule has 0 saturated carbocycles. The fourth-order valence-electron chi connectivity index (χ4n) is 2.82. The maximum absolute atomic E-state index is 12.1. The number of anilines is 1. The van der Waals surface area contributed by atoms with Crippen LogP contribution in [0, 0.1) is 27.7 Å². The molecule has 0 radical (unpaired) electrons. The number of carbonyl (C=O) groups excluding carboxylic acids is 1. The van der Waals surface area contributed by atoms with Crippen LogP contribution in [0.1, 0.15) is 33.2 Å². The van der Waals surface area contributed by atoms with Crippen molar-refractivity contribution < 1.29 is 14.1 Å². The predicted molar refractivity (Wildman–Crippen MR) is 109 cm³/mol. The Balaban J connectivity index is 1.42. The first-order valence-electron chi connectivity index (χ1n) is 9.30. The molecule has 3 heterocycles. The Morgan fingerprint density at radius 3 is 2.37 bits per heavy atom. The molecule has 0 spiro atoms. The molecule has 0 aliphatic carbocycles. The molecule has 0 unspecified atom stereocenters. The number of hydrogen-bond donors (Lipinski definition) is 1. The van der Waals surface area contributed by atoms with E-state index in [1.807, 2.05) is 20.8 Å². The molecule has 1 N–H and O–H groups in total. The van der Waals surface area contributed by atoms with E-state index in [2.05, 4.69) is 25.8 Å². The van der Waals surface area contributed by atoms with Crippen LogP contribution < -0.4 is 10.1 Å². The van der Waals surface area contributed by atoms with Crippen molar-refractivity contribution in [2.75, 3.05) is 5.32 Å². The molecule has 0 atom stereocenters. The van der Waals surface area contributed by atoms with Crippen molar-refractivity contribution in [3.63, 3.8) is 0 Å². The Morgan fingerprint density at radius 1 is 1.03 bits per heavy atom. The summed E-state index contributed by atoms with van der Waals surface area (Å²) in [6, 6.07) is 12.0. The van der Waals surface area contributed by atoms with Gasteiger partial charge in [-0.2, -0.15) is 5.10 Å². The van der Waals surface area contributed by atoms with E-state index in [9.17, 15) is 4.79 Å². The number of carbonyl (C=O) groups is 1. The Bertz CT molecular complexity index is 1190. The van der Waals surface area contributed by atoms with Crippen LogP contribution >= 0.6 is 0 Å². The van der Waals surface area contributed by atoms with Gasteiger partial charge in [-0.15, -0.1) is 10.2 Å².